The van der Waals surface area contributed by atoms with Crippen molar-refractivity contribution in [1.82, 2.24) is 14.9 Å². The zero-order valence-electron chi connectivity index (χ0n) is 18.7. The largest absolute Gasteiger partial charge is 0.494 e. The number of fused-ring (bicyclic) bond motifs is 5. The molecule has 2 N–H and O–H groups in total. The summed E-state index contributed by atoms with van der Waals surface area (Å²) in [4.78, 5) is 22.8. The summed E-state index contributed by atoms with van der Waals surface area (Å²) in [6, 6.07) is 13.1. The number of H-pyrrole nitrogens is 1. The number of nitrogens with one attached hydrogen (secondary N) is 1. The predicted octanol–water partition coefficient (Wildman–Crippen LogP) is 4.11. The Kier molecular flexibility index (Phi) is 5.50. The lowest BCUT2D eigenvalue weighted by Crippen LogP contribution is -2.42. The van der Waals surface area contributed by atoms with Gasteiger partial charge in [-0.25, -0.2) is 4.39 Å². The second-order valence-electron chi connectivity index (χ2n) is 8.48. The number of para-hydroxylation sites is 1. The van der Waals surface area contributed by atoms with Gasteiger partial charge in [0, 0.05) is 29.3 Å². The average Bonchev–Trinajstić information content (AvgIpc) is 3.23. The summed E-state index contributed by atoms with van der Waals surface area (Å²) in [5, 5.41) is 12.3. The second kappa shape index (κ2) is 8.48. The molecule has 0 saturated carbocycles. The van der Waals surface area contributed by atoms with E-state index in [1.165, 1.54) is 13.2 Å². The number of carbonyl (C=O) groups excluding carboxylic acids is 1. The van der Waals surface area contributed by atoms with Gasteiger partial charge in [-0.2, -0.15) is 0 Å². The Bertz CT molecular complexity index is 1360. The van der Waals surface area contributed by atoms with Crippen molar-refractivity contribution in [2.75, 3.05) is 13.7 Å². The van der Waals surface area contributed by atoms with E-state index in [0.29, 0.717) is 32.4 Å². The van der Waals surface area contributed by atoms with E-state index in [0.717, 1.165) is 44.3 Å². The highest BCUT2D eigenvalue weighted by atomic mass is 19.1. The fourth-order valence-corrected chi connectivity index (χ4v) is 4.72. The number of aromatic nitrogens is 2. The fraction of sp³-hybridized carbons (Fsp3) is 0.308. The molecule has 3 heterocycles. The first-order valence-electron chi connectivity index (χ1n) is 11.2. The van der Waals surface area contributed by atoms with Crippen molar-refractivity contribution in [3.63, 3.8) is 0 Å². The van der Waals surface area contributed by atoms with Gasteiger partial charge in [0.15, 0.2) is 11.6 Å². The van der Waals surface area contributed by atoms with Crippen LogP contribution in [0.4, 0.5) is 4.39 Å². The summed E-state index contributed by atoms with van der Waals surface area (Å²) in [5.74, 6) is -0.467. The summed E-state index contributed by atoms with van der Waals surface area (Å²) in [7, 11) is 1.44. The van der Waals surface area contributed by atoms with Crippen molar-refractivity contribution >= 4 is 27.7 Å². The molecule has 0 radical (unpaired) electrons. The van der Waals surface area contributed by atoms with Crippen LogP contribution in [0.15, 0.2) is 42.5 Å². The summed E-state index contributed by atoms with van der Waals surface area (Å²) in [6.07, 6.45) is 0.486. The number of aliphatic hydroxyl groups is 1. The number of amides is 1. The molecule has 33 heavy (non-hydrogen) atoms. The summed E-state index contributed by atoms with van der Waals surface area (Å²) in [6.45, 7) is 2.69. The first-order chi connectivity index (χ1) is 16.0. The van der Waals surface area contributed by atoms with E-state index >= 15 is 0 Å². The van der Waals surface area contributed by atoms with Crippen molar-refractivity contribution in [1.29, 1.82) is 0 Å². The van der Waals surface area contributed by atoms with Gasteiger partial charge < -0.3 is 19.7 Å². The molecular weight excluding hydrogens is 421 g/mol. The number of aliphatic hydroxyl groups excluding tert-OH is 1. The van der Waals surface area contributed by atoms with E-state index in [1.54, 1.807) is 17.9 Å². The lowest BCUT2D eigenvalue weighted by molar-refractivity contribution is -0.141. The first kappa shape index (κ1) is 21.4. The van der Waals surface area contributed by atoms with Crippen molar-refractivity contribution in [3.8, 4) is 5.75 Å². The number of nitrogens with zero attached hydrogens (tertiary/aromatic N) is 2. The van der Waals surface area contributed by atoms with Crippen LogP contribution in [0.2, 0.25) is 0 Å². The Hall–Kier alpha value is -3.45. The molecule has 2 aromatic heterocycles. The highest BCUT2D eigenvalue weighted by Crippen LogP contribution is 2.35. The third-order valence-electron chi connectivity index (χ3n) is 6.46. The van der Waals surface area contributed by atoms with Crippen LogP contribution in [0.1, 0.15) is 35.9 Å². The van der Waals surface area contributed by atoms with Crippen LogP contribution in [0.3, 0.4) is 0 Å². The molecule has 0 aliphatic carbocycles. The first-order valence-corrected chi connectivity index (χ1v) is 11.2. The van der Waals surface area contributed by atoms with Crippen molar-refractivity contribution < 1.29 is 19.0 Å². The molecule has 1 aliphatic rings. The Morgan fingerprint density at radius 1 is 1.30 bits per heavy atom. The minimum absolute atomic E-state index is 0.205. The average molecular weight is 448 g/mol. The summed E-state index contributed by atoms with van der Waals surface area (Å²) in [5.41, 5.74) is 5.51. The van der Waals surface area contributed by atoms with Crippen molar-refractivity contribution in [2.24, 2.45) is 0 Å². The molecule has 7 heteroatoms. The van der Waals surface area contributed by atoms with Gasteiger partial charge in [0.2, 0.25) is 0 Å². The monoisotopic (exact) mass is 447 g/mol. The van der Waals surface area contributed by atoms with Gasteiger partial charge in [-0.1, -0.05) is 31.2 Å². The van der Waals surface area contributed by atoms with Gasteiger partial charge in [-0.05, 0) is 42.2 Å². The van der Waals surface area contributed by atoms with Crippen LogP contribution < -0.4 is 4.74 Å². The molecule has 0 saturated heterocycles. The fourth-order valence-electron chi connectivity index (χ4n) is 4.72. The maximum atomic E-state index is 14.3. The zero-order chi connectivity index (χ0) is 23.1. The van der Waals surface area contributed by atoms with E-state index in [2.05, 4.69) is 11.1 Å². The molecule has 4 aromatic rings. The van der Waals surface area contributed by atoms with Gasteiger partial charge in [-0.15, -0.1) is 0 Å². The number of methoxy groups -OCH3 is 1. The van der Waals surface area contributed by atoms with Gasteiger partial charge in [-0.3, -0.25) is 9.78 Å². The number of benzene rings is 2. The number of rotatable bonds is 5. The minimum Gasteiger partial charge on any atom is -0.494 e. The second-order valence-corrected chi connectivity index (χ2v) is 8.48. The molecule has 1 unspecified atom stereocenters. The van der Waals surface area contributed by atoms with Gasteiger partial charge in [0.05, 0.1) is 30.6 Å². The smallest absolute Gasteiger partial charge is 0.251 e. The minimum atomic E-state index is -0.995. The molecule has 2 aromatic carbocycles. The predicted molar refractivity (Wildman–Crippen MR) is 125 cm³/mol. The maximum absolute atomic E-state index is 14.3. The molecule has 0 fully saturated rings. The van der Waals surface area contributed by atoms with Crippen LogP contribution in [0.25, 0.3) is 21.8 Å². The standard InChI is InChI=1S/C26H26FN3O3/c1-3-22(31)26(32)30-11-10-17-21(14-30)28-20(13-15-8-9-23(33-2)18(27)12-15)25-24(17)16-6-4-5-7-19(16)29-25/h4-9,12,22,29,31H,3,10-11,13-14H2,1-2H3. The van der Waals surface area contributed by atoms with E-state index in [9.17, 15) is 14.3 Å². The normalized spacial score (nSPS) is 14.5. The zero-order valence-corrected chi connectivity index (χ0v) is 18.7. The van der Waals surface area contributed by atoms with Gasteiger partial charge in [0.25, 0.3) is 5.91 Å². The molecule has 0 spiro atoms. The van der Waals surface area contributed by atoms with E-state index in [1.807, 2.05) is 24.3 Å². The highest BCUT2D eigenvalue weighted by Gasteiger charge is 2.28. The lowest BCUT2D eigenvalue weighted by Gasteiger charge is -2.30. The topological polar surface area (TPSA) is 78.4 Å². The Morgan fingerprint density at radius 3 is 2.88 bits per heavy atom. The molecule has 5 rings (SSSR count). The number of hydrogen-bond acceptors (Lipinski definition) is 4. The third-order valence-corrected chi connectivity index (χ3v) is 6.46. The van der Waals surface area contributed by atoms with Crippen molar-refractivity contribution in [2.45, 2.75) is 38.8 Å². The Morgan fingerprint density at radius 2 is 2.12 bits per heavy atom. The van der Waals surface area contributed by atoms with Crippen molar-refractivity contribution in [3.05, 3.63) is 70.8 Å². The molecule has 1 amide bonds. The maximum Gasteiger partial charge on any atom is 0.251 e. The molecule has 6 nitrogen and oxygen atoms in total. The van der Waals surface area contributed by atoms with E-state index < -0.39 is 11.9 Å². The Balaban J connectivity index is 1.63. The van der Waals surface area contributed by atoms with Gasteiger partial charge in [0.1, 0.15) is 6.10 Å². The number of halogens is 1. The molecule has 1 aliphatic heterocycles. The van der Waals surface area contributed by atoms with Crippen LogP contribution in [-0.4, -0.2) is 45.6 Å². The van der Waals surface area contributed by atoms with Crippen LogP contribution in [0.5, 0.6) is 5.75 Å². The summed E-state index contributed by atoms with van der Waals surface area (Å²) >= 11 is 0. The van der Waals surface area contributed by atoms with E-state index in [4.69, 9.17) is 9.72 Å². The quantitative estimate of drug-likeness (QED) is 0.483. The number of carbonyl (C=O) groups is 1. The van der Waals surface area contributed by atoms with Gasteiger partial charge >= 0.3 is 0 Å². The van der Waals surface area contributed by atoms with E-state index in [-0.39, 0.29) is 11.7 Å². The SMILES string of the molecule is CCC(O)C(=O)N1CCc2c(nc(Cc3ccc(OC)c(F)c3)c3[nH]c4ccccc4c23)C1. The summed E-state index contributed by atoms with van der Waals surface area (Å²) < 4.78 is 19.4. The molecular formula is C26H26FN3O3. The van der Waals surface area contributed by atoms with Crippen LogP contribution >= 0.6 is 0 Å². The third kappa shape index (κ3) is 3.72. The lowest BCUT2D eigenvalue weighted by atomic mass is 9.96. The molecule has 0 bridgehead atoms. The number of ether oxygens (including phenoxy) is 1. The number of aromatic amines is 1. The number of hydrogen-bond donors (Lipinski definition) is 2. The molecule has 170 valence electrons. The highest BCUT2D eigenvalue weighted by molar-refractivity contribution is 6.10. The Labute approximate surface area is 191 Å². The van der Waals surface area contributed by atoms with Crippen LogP contribution in [0, 0.1) is 5.82 Å². The number of pyridine rings is 1. The molecule has 1 atom stereocenters. The van der Waals surface area contributed by atoms with Crippen LogP contribution in [-0.2, 0) is 24.2 Å².